The average Bonchev–Trinajstić information content (AvgIpc) is 3.45. The molecule has 35 heavy (non-hydrogen) atoms. The Morgan fingerprint density at radius 1 is 1.34 bits per heavy atom. The van der Waals surface area contributed by atoms with E-state index in [-0.39, 0.29) is 52.8 Å². The van der Waals surface area contributed by atoms with Gasteiger partial charge in [0.1, 0.15) is 16.4 Å². The first kappa shape index (κ1) is 26.3. The molecule has 2 saturated heterocycles. The molecular formula is C21H23N6NaO5S2. The van der Waals surface area contributed by atoms with Crippen LogP contribution in [0.5, 0.6) is 0 Å². The SMILES string of the molecule is Cn1nncc1SCC(=O)N[C@@H]1C(=O)N2C(C(=O)[O-])=C(/C=C3\CCN(CC4CC4)C3=O)CS[C@H]12.[Na+]. The van der Waals surface area contributed by atoms with Crippen LogP contribution in [0, 0.1) is 5.92 Å². The molecule has 0 unspecified atom stereocenters. The molecule has 0 aromatic carbocycles. The molecule has 4 aliphatic rings. The van der Waals surface area contributed by atoms with Gasteiger partial charge in [0.05, 0.1) is 23.6 Å². The van der Waals surface area contributed by atoms with Crippen molar-refractivity contribution in [1.82, 2.24) is 30.1 Å². The average molecular weight is 527 g/mol. The molecule has 0 spiro atoms. The Morgan fingerprint density at radius 2 is 2.11 bits per heavy atom. The number of aliphatic carboxylic acids is 1. The normalized spacial score (nSPS) is 24.9. The van der Waals surface area contributed by atoms with E-state index in [0.717, 1.165) is 19.4 Å². The molecule has 180 valence electrons. The number of aromatic nitrogens is 3. The number of likely N-dealkylation sites (tertiary alicyclic amines) is 1. The third kappa shape index (κ3) is 5.33. The fraction of sp³-hybridized carbons (Fsp3) is 0.524. The van der Waals surface area contributed by atoms with Crippen LogP contribution in [0.2, 0.25) is 0 Å². The summed E-state index contributed by atoms with van der Waals surface area (Å²) in [5.74, 6) is -1.41. The van der Waals surface area contributed by atoms with E-state index in [4.69, 9.17) is 0 Å². The predicted molar refractivity (Wildman–Crippen MR) is 121 cm³/mol. The second kappa shape index (κ2) is 10.7. The number of fused-ring (bicyclic) bond motifs is 1. The molecule has 11 nitrogen and oxygen atoms in total. The number of carboxylic acids is 1. The van der Waals surface area contributed by atoms with Crippen LogP contribution in [0.4, 0.5) is 0 Å². The van der Waals surface area contributed by atoms with Gasteiger partial charge in [-0.05, 0) is 36.8 Å². The zero-order valence-electron chi connectivity index (χ0n) is 19.4. The third-order valence-electron chi connectivity index (χ3n) is 6.27. The van der Waals surface area contributed by atoms with E-state index in [1.165, 1.54) is 28.4 Å². The van der Waals surface area contributed by atoms with Crippen LogP contribution in [-0.4, -0.2) is 84.5 Å². The van der Waals surface area contributed by atoms with Crippen molar-refractivity contribution in [2.75, 3.05) is 24.6 Å². The number of hydrogen-bond donors (Lipinski definition) is 1. The van der Waals surface area contributed by atoms with Gasteiger partial charge in [-0.3, -0.25) is 19.3 Å². The van der Waals surface area contributed by atoms with Crippen molar-refractivity contribution in [2.24, 2.45) is 13.0 Å². The number of nitrogens with one attached hydrogen (secondary N) is 1. The summed E-state index contributed by atoms with van der Waals surface area (Å²) in [7, 11) is 1.71. The van der Waals surface area contributed by atoms with E-state index in [1.54, 1.807) is 24.0 Å². The first-order valence-electron chi connectivity index (χ1n) is 11.0. The maximum atomic E-state index is 12.8. The summed E-state index contributed by atoms with van der Waals surface area (Å²) in [4.78, 5) is 52.8. The zero-order chi connectivity index (χ0) is 24.0. The number of allylic oxidation sites excluding steroid dienone is 1. The van der Waals surface area contributed by atoms with Gasteiger partial charge >= 0.3 is 29.6 Å². The predicted octanol–water partition coefficient (Wildman–Crippen LogP) is -4.12. The summed E-state index contributed by atoms with van der Waals surface area (Å²) < 4.78 is 1.54. The number of amides is 3. The molecule has 1 saturated carbocycles. The fourth-order valence-electron chi connectivity index (χ4n) is 4.31. The molecule has 1 aliphatic carbocycles. The molecule has 1 aromatic rings. The largest absolute Gasteiger partial charge is 1.00 e. The summed E-state index contributed by atoms with van der Waals surface area (Å²) in [6, 6.07) is -0.812. The van der Waals surface area contributed by atoms with E-state index in [0.29, 0.717) is 40.8 Å². The van der Waals surface area contributed by atoms with Crippen molar-refractivity contribution >= 4 is 47.2 Å². The number of carboxylic acid groups (broad SMARTS) is 1. The monoisotopic (exact) mass is 526 g/mol. The Morgan fingerprint density at radius 3 is 2.77 bits per heavy atom. The molecule has 2 atom stereocenters. The van der Waals surface area contributed by atoms with Crippen LogP contribution < -0.4 is 40.0 Å². The molecule has 1 aromatic heterocycles. The molecular weight excluding hydrogens is 503 g/mol. The van der Waals surface area contributed by atoms with Gasteiger partial charge in [-0.15, -0.1) is 16.9 Å². The summed E-state index contributed by atoms with van der Waals surface area (Å²) in [6.45, 7) is 1.38. The van der Waals surface area contributed by atoms with Crippen LogP contribution in [0.15, 0.2) is 34.1 Å². The van der Waals surface area contributed by atoms with Crippen LogP contribution in [0.1, 0.15) is 19.3 Å². The number of rotatable bonds is 8. The molecule has 3 amide bonds. The number of nitrogens with zero attached hydrogens (tertiary/aromatic N) is 5. The Labute approximate surface area is 232 Å². The minimum absolute atomic E-state index is 0. The molecule has 0 bridgehead atoms. The van der Waals surface area contributed by atoms with Crippen molar-refractivity contribution in [3.63, 3.8) is 0 Å². The van der Waals surface area contributed by atoms with Crippen LogP contribution >= 0.6 is 23.5 Å². The van der Waals surface area contributed by atoms with Crippen molar-refractivity contribution < 1.29 is 53.8 Å². The topological polar surface area (TPSA) is 141 Å². The molecule has 1 N–H and O–H groups in total. The van der Waals surface area contributed by atoms with E-state index in [1.807, 2.05) is 4.90 Å². The van der Waals surface area contributed by atoms with Gasteiger partial charge in [0, 0.05) is 31.5 Å². The molecule has 5 rings (SSSR count). The summed E-state index contributed by atoms with van der Waals surface area (Å²) in [6.07, 6.45) is 6.00. The fourth-order valence-corrected chi connectivity index (χ4v) is 6.32. The number of aryl methyl sites for hydroxylation is 1. The van der Waals surface area contributed by atoms with E-state index >= 15 is 0 Å². The standard InChI is InChI=1S/C21H24N6O5S2.Na/c1-25-15(7-22-24-25)33-10-14(28)23-16-19(30)27-17(21(31)32)13(9-34-20(16)27)6-12-4-5-26(18(12)29)8-11-2-3-11;/h6-7,11,16,20H,2-5,8-10H2,1H3,(H,23,28)(H,31,32);/q;+1/p-1/b12-6+;/t16-,20-;/m1./s1. The van der Waals surface area contributed by atoms with Gasteiger partial charge in [0.2, 0.25) is 11.8 Å². The second-order valence-electron chi connectivity index (χ2n) is 8.71. The van der Waals surface area contributed by atoms with Gasteiger partial charge in [-0.2, -0.15) is 0 Å². The Bertz CT molecular complexity index is 1130. The van der Waals surface area contributed by atoms with Gasteiger partial charge < -0.3 is 20.1 Å². The Hall–Kier alpha value is -1.80. The smallest absolute Gasteiger partial charge is 0.543 e. The molecule has 3 aliphatic heterocycles. The van der Waals surface area contributed by atoms with Crippen molar-refractivity contribution in [3.8, 4) is 0 Å². The zero-order valence-corrected chi connectivity index (χ0v) is 23.1. The van der Waals surface area contributed by atoms with E-state index in [9.17, 15) is 24.3 Å². The molecule has 14 heteroatoms. The Balaban J connectivity index is 0.00000289. The quantitative estimate of drug-likeness (QED) is 0.155. The minimum Gasteiger partial charge on any atom is -0.543 e. The van der Waals surface area contributed by atoms with Crippen LogP contribution in [0.25, 0.3) is 0 Å². The summed E-state index contributed by atoms with van der Waals surface area (Å²) in [5.41, 5.74) is 0.749. The van der Waals surface area contributed by atoms with Crippen LogP contribution in [-0.2, 0) is 26.2 Å². The third-order valence-corrected chi connectivity index (χ3v) is 8.64. The first-order chi connectivity index (χ1) is 16.3. The number of hydrogen-bond acceptors (Lipinski definition) is 9. The van der Waals surface area contributed by atoms with Crippen molar-refractivity contribution in [2.45, 2.75) is 35.7 Å². The van der Waals surface area contributed by atoms with Crippen molar-refractivity contribution in [3.05, 3.63) is 29.1 Å². The van der Waals surface area contributed by atoms with Gasteiger partial charge in [-0.25, -0.2) is 4.68 Å². The van der Waals surface area contributed by atoms with Gasteiger partial charge in [-0.1, -0.05) is 17.0 Å². The van der Waals surface area contributed by atoms with Crippen molar-refractivity contribution in [1.29, 1.82) is 0 Å². The Kier molecular flexibility index (Phi) is 8.01. The number of carbonyl (C=O) groups excluding carboxylic acids is 4. The van der Waals surface area contributed by atoms with Gasteiger partial charge in [0.15, 0.2) is 0 Å². The molecule has 3 fully saturated rings. The maximum Gasteiger partial charge on any atom is 1.00 e. The number of carbonyl (C=O) groups is 4. The number of β-lactam (4-membered cyclic amide) rings is 1. The molecule has 0 radical (unpaired) electrons. The maximum absolute atomic E-state index is 12.8. The van der Waals surface area contributed by atoms with E-state index < -0.39 is 23.3 Å². The van der Waals surface area contributed by atoms with E-state index in [2.05, 4.69) is 15.6 Å². The summed E-state index contributed by atoms with van der Waals surface area (Å²) >= 11 is 2.60. The second-order valence-corrected chi connectivity index (χ2v) is 10.8. The number of thioether (sulfide) groups is 2. The van der Waals surface area contributed by atoms with Crippen LogP contribution in [0.3, 0.4) is 0 Å². The minimum atomic E-state index is -1.46. The van der Waals surface area contributed by atoms with Gasteiger partial charge in [0.25, 0.3) is 5.91 Å². The summed E-state index contributed by atoms with van der Waals surface area (Å²) in [5, 5.41) is 22.4. The first-order valence-corrected chi connectivity index (χ1v) is 13.0. The molecule has 4 heterocycles.